The maximum absolute atomic E-state index is 15.2. The lowest BCUT2D eigenvalue weighted by Crippen LogP contribution is -2.36. The summed E-state index contributed by atoms with van der Waals surface area (Å²) in [6.45, 7) is -2.14. The van der Waals surface area contributed by atoms with Gasteiger partial charge in [-0.2, -0.15) is 13.2 Å². The summed E-state index contributed by atoms with van der Waals surface area (Å²) in [5.41, 5.74) is -5.72. The molecule has 10 nitrogen and oxygen atoms in total. The number of nitrogens with zero attached hydrogens (tertiary/aromatic N) is 3. The van der Waals surface area contributed by atoms with Crippen LogP contribution in [0.4, 0.5) is 22.0 Å². The van der Waals surface area contributed by atoms with Gasteiger partial charge in [-0.3, -0.25) is 14.5 Å². The van der Waals surface area contributed by atoms with E-state index in [1.807, 2.05) is 0 Å². The van der Waals surface area contributed by atoms with Gasteiger partial charge in [-0.15, -0.1) is 0 Å². The summed E-state index contributed by atoms with van der Waals surface area (Å²) < 4.78 is 73.0. The number of aliphatic carboxylic acids is 2. The molecule has 45 heavy (non-hydrogen) atoms. The Labute approximate surface area is 255 Å². The Hall–Kier alpha value is -5.05. The molecule has 1 atom stereocenters. The maximum Gasteiger partial charge on any atom is 0.418 e. The van der Waals surface area contributed by atoms with Crippen LogP contribution in [0, 0.1) is 5.82 Å². The summed E-state index contributed by atoms with van der Waals surface area (Å²) in [5.74, 6) is -8.90. The number of amides is 2. The summed E-state index contributed by atoms with van der Waals surface area (Å²) in [4.78, 5) is 55.2. The van der Waals surface area contributed by atoms with Crippen molar-refractivity contribution in [2.24, 2.45) is 0 Å². The van der Waals surface area contributed by atoms with E-state index < -0.39 is 93.6 Å². The number of nitrogens with one attached hydrogen (secondary N) is 1. The van der Waals surface area contributed by atoms with E-state index in [1.165, 1.54) is 29.2 Å². The van der Waals surface area contributed by atoms with Crippen LogP contribution in [0.2, 0.25) is 5.02 Å². The van der Waals surface area contributed by atoms with Crippen molar-refractivity contribution in [1.29, 1.82) is 0 Å². The van der Waals surface area contributed by atoms with Crippen LogP contribution < -0.4 is 5.32 Å². The van der Waals surface area contributed by atoms with Gasteiger partial charge in [-0.25, -0.2) is 23.4 Å². The van der Waals surface area contributed by atoms with Crippen LogP contribution in [-0.4, -0.2) is 61.6 Å². The molecule has 1 aromatic heterocycles. The van der Waals surface area contributed by atoms with Crippen molar-refractivity contribution in [3.8, 4) is 0 Å². The average molecular weight is 651 g/mol. The number of imide groups is 1. The minimum absolute atomic E-state index is 0.0578. The Kier molecular flexibility index (Phi) is 8.23. The molecule has 0 radical (unpaired) electrons. The molecule has 0 saturated carbocycles. The second kappa shape index (κ2) is 11.8. The van der Waals surface area contributed by atoms with E-state index in [1.54, 1.807) is 12.1 Å². The van der Waals surface area contributed by atoms with Crippen molar-refractivity contribution in [3.05, 3.63) is 110 Å². The number of aromatic nitrogens is 2. The maximum atomic E-state index is 15.2. The highest BCUT2D eigenvalue weighted by molar-refractivity contribution is 6.31. The van der Waals surface area contributed by atoms with Gasteiger partial charge in [0.15, 0.2) is 0 Å². The van der Waals surface area contributed by atoms with Gasteiger partial charge in [0.05, 0.1) is 63.0 Å². The highest BCUT2D eigenvalue weighted by Gasteiger charge is 2.46. The van der Waals surface area contributed by atoms with Crippen LogP contribution in [0.1, 0.15) is 43.5 Å². The number of benzene rings is 2. The van der Waals surface area contributed by atoms with Crippen molar-refractivity contribution >= 4 is 35.4 Å². The van der Waals surface area contributed by atoms with Gasteiger partial charge in [-0.05, 0) is 24.3 Å². The molecule has 3 aromatic rings. The molecule has 2 aliphatic rings. The van der Waals surface area contributed by atoms with Crippen LogP contribution in [0.5, 0.6) is 0 Å². The Morgan fingerprint density at radius 3 is 2.13 bits per heavy atom. The van der Waals surface area contributed by atoms with E-state index in [4.69, 9.17) is 11.6 Å². The van der Waals surface area contributed by atoms with Gasteiger partial charge in [-0.1, -0.05) is 23.7 Å². The summed E-state index contributed by atoms with van der Waals surface area (Å²) in [6.07, 6.45) is -2.69. The number of carbonyl (C=O) groups is 4. The van der Waals surface area contributed by atoms with Crippen LogP contribution >= 0.6 is 11.6 Å². The Morgan fingerprint density at radius 1 is 0.978 bits per heavy atom. The first-order chi connectivity index (χ1) is 21.2. The van der Waals surface area contributed by atoms with Crippen molar-refractivity contribution in [2.75, 3.05) is 13.2 Å². The number of alkyl halides is 4. The molecule has 2 aromatic carbocycles. The van der Waals surface area contributed by atoms with E-state index in [0.717, 1.165) is 4.90 Å². The fourth-order valence-corrected chi connectivity index (χ4v) is 5.72. The lowest BCUT2D eigenvalue weighted by molar-refractivity contribution is -0.139. The monoisotopic (exact) mass is 650 g/mol. The number of dihydropyridines is 1. The van der Waals surface area contributed by atoms with E-state index >= 15 is 4.39 Å². The minimum Gasteiger partial charge on any atom is -0.478 e. The highest BCUT2D eigenvalue weighted by Crippen LogP contribution is 2.47. The number of rotatable bonds is 9. The Morgan fingerprint density at radius 2 is 1.58 bits per heavy atom. The first kappa shape index (κ1) is 31.4. The predicted molar refractivity (Wildman–Crippen MR) is 145 cm³/mol. The number of carbonyl (C=O) groups excluding carboxylic acids is 2. The molecule has 0 saturated heterocycles. The molecular weight excluding hydrogens is 631 g/mol. The third-order valence-corrected chi connectivity index (χ3v) is 7.65. The van der Waals surface area contributed by atoms with E-state index in [9.17, 15) is 47.0 Å². The topological polar surface area (TPSA) is 142 Å². The Bertz CT molecular complexity index is 1800. The van der Waals surface area contributed by atoms with Crippen molar-refractivity contribution in [3.63, 3.8) is 0 Å². The molecular formula is C29H20ClF5N4O6. The van der Waals surface area contributed by atoms with E-state index in [0.29, 0.717) is 17.8 Å². The highest BCUT2D eigenvalue weighted by atomic mass is 35.5. The van der Waals surface area contributed by atoms with Gasteiger partial charge in [0.1, 0.15) is 12.5 Å². The number of carboxylic acid groups (broad SMARTS) is 2. The molecule has 0 fully saturated rings. The van der Waals surface area contributed by atoms with Crippen molar-refractivity contribution in [2.45, 2.75) is 25.1 Å². The molecule has 5 rings (SSSR count). The molecule has 0 spiro atoms. The summed E-state index contributed by atoms with van der Waals surface area (Å²) in [6, 6.07) is 7.39. The molecule has 3 heterocycles. The lowest BCUT2D eigenvalue weighted by Gasteiger charge is -2.32. The molecule has 0 aliphatic carbocycles. The molecule has 2 aliphatic heterocycles. The number of fused-ring (bicyclic) bond motifs is 1. The first-order valence-electron chi connectivity index (χ1n) is 13.0. The SMILES string of the molecule is O=C(O)C1=C(CF)NC(Cn2cnc(CCN3C(=O)c4ccccc4C3=O)c2)=C(C(=O)O)C1c1c(F)ccc(Cl)c1C(F)(F)F. The molecule has 3 N–H and O–H groups in total. The van der Waals surface area contributed by atoms with Crippen molar-refractivity contribution < 1.29 is 51.3 Å². The molecule has 234 valence electrons. The van der Waals surface area contributed by atoms with Crippen LogP contribution in [-0.2, 0) is 28.7 Å². The molecule has 16 heteroatoms. The largest absolute Gasteiger partial charge is 0.478 e. The zero-order valence-corrected chi connectivity index (χ0v) is 23.4. The second-order valence-electron chi connectivity index (χ2n) is 10.00. The molecule has 1 unspecified atom stereocenters. The van der Waals surface area contributed by atoms with Crippen LogP contribution in [0.15, 0.2) is 71.5 Å². The number of allylic oxidation sites excluding steroid dienone is 2. The quantitative estimate of drug-likeness (QED) is 0.226. The molecule has 0 bridgehead atoms. The normalized spacial score (nSPS) is 16.8. The van der Waals surface area contributed by atoms with Crippen LogP contribution in [0.25, 0.3) is 0 Å². The number of carboxylic acids is 2. The number of halogens is 6. The van der Waals surface area contributed by atoms with Gasteiger partial charge >= 0.3 is 18.1 Å². The Balaban J connectivity index is 1.51. The van der Waals surface area contributed by atoms with Crippen molar-refractivity contribution in [1.82, 2.24) is 19.8 Å². The zero-order chi connectivity index (χ0) is 32.8. The minimum atomic E-state index is -5.35. The van der Waals surface area contributed by atoms with E-state index in [-0.39, 0.29) is 24.1 Å². The molecule has 2 amide bonds. The van der Waals surface area contributed by atoms with Gasteiger partial charge < -0.3 is 20.1 Å². The lowest BCUT2D eigenvalue weighted by atomic mass is 9.78. The van der Waals surface area contributed by atoms with Crippen LogP contribution in [0.3, 0.4) is 0 Å². The van der Waals surface area contributed by atoms with Gasteiger partial charge in [0.2, 0.25) is 0 Å². The van der Waals surface area contributed by atoms with Gasteiger partial charge in [0, 0.05) is 30.4 Å². The van der Waals surface area contributed by atoms with Gasteiger partial charge in [0.25, 0.3) is 11.8 Å². The fourth-order valence-electron chi connectivity index (χ4n) is 5.44. The number of hydrogen-bond donors (Lipinski definition) is 3. The zero-order valence-electron chi connectivity index (χ0n) is 22.7. The van der Waals surface area contributed by atoms with E-state index in [2.05, 4.69) is 10.3 Å². The average Bonchev–Trinajstić information content (AvgIpc) is 3.52. The third kappa shape index (κ3) is 5.66. The number of hydrogen-bond acceptors (Lipinski definition) is 6. The number of imidazole rings is 1. The predicted octanol–water partition coefficient (Wildman–Crippen LogP) is 4.57. The standard InChI is InChI=1S/C29H20ClF5N4O6/c30-16-5-6-17(32)20(24(16)29(33,34)35)23-21(27(42)43)18(9-31)37-19(22(23)28(44)45)11-38-10-13(36-12-38)7-8-39-25(40)14-3-1-2-4-15(14)26(39)41/h1-6,10,12,23,37H,7-9,11H2,(H,42,43)(H,44,45). The summed E-state index contributed by atoms with van der Waals surface area (Å²) >= 11 is 5.76. The summed E-state index contributed by atoms with van der Waals surface area (Å²) in [7, 11) is 0. The summed E-state index contributed by atoms with van der Waals surface area (Å²) in [5, 5.41) is 21.3. The smallest absolute Gasteiger partial charge is 0.418 e. The first-order valence-corrected chi connectivity index (χ1v) is 13.4. The fraction of sp³-hybridized carbons (Fsp3) is 0.207. The second-order valence-corrected chi connectivity index (χ2v) is 10.4. The third-order valence-electron chi connectivity index (χ3n) is 7.33.